The zero-order valence-electron chi connectivity index (χ0n) is 55.1. The van der Waals surface area contributed by atoms with Crippen LogP contribution in [0, 0.1) is 0 Å². The van der Waals surface area contributed by atoms with Gasteiger partial charge in [-0.25, -0.2) is 0 Å². The smallest absolute Gasteiger partial charge is 0.306 e. The maximum absolute atomic E-state index is 12.9. The van der Waals surface area contributed by atoms with Gasteiger partial charge in [0.1, 0.15) is 13.2 Å². The van der Waals surface area contributed by atoms with Crippen LogP contribution in [0.4, 0.5) is 0 Å². The largest absolute Gasteiger partial charge is 0.545 e. The molecule has 9 nitrogen and oxygen atoms in total. The Hall–Kier alpha value is -3.27. The first-order chi connectivity index (χ1) is 40.6. The third-order valence-electron chi connectivity index (χ3n) is 15.4. The summed E-state index contributed by atoms with van der Waals surface area (Å²) >= 11 is 0. The van der Waals surface area contributed by atoms with Crippen LogP contribution in [0.15, 0.2) is 72.9 Å². The van der Waals surface area contributed by atoms with Crippen LogP contribution in [0.5, 0.6) is 0 Å². The molecule has 0 radical (unpaired) electrons. The molecule has 0 aromatic carbocycles. The number of aliphatic carboxylic acids is 1. The topological polar surface area (TPSA) is 111 Å². The second-order valence-corrected chi connectivity index (χ2v) is 24.8. The number of carbonyl (C=O) groups excluding carboxylic acids is 3. The first-order valence-corrected chi connectivity index (χ1v) is 35.1. The predicted octanol–water partition coefficient (Wildman–Crippen LogP) is 20.4. The van der Waals surface area contributed by atoms with Crippen molar-refractivity contribution in [2.45, 2.75) is 334 Å². The quantitative estimate of drug-likeness (QED) is 0.0195. The molecule has 2 atom stereocenters. The molecule has 0 rings (SSSR count). The molecule has 0 bridgehead atoms. The molecule has 83 heavy (non-hydrogen) atoms. The molecular weight excluding hydrogens is 1030 g/mol. The summed E-state index contributed by atoms with van der Waals surface area (Å²) in [6, 6.07) is 0. The highest BCUT2D eigenvalue weighted by Gasteiger charge is 2.22. The summed E-state index contributed by atoms with van der Waals surface area (Å²) in [5.74, 6) is -2.28. The van der Waals surface area contributed by atoms with Gasteiger partial charge in [-0.3, -0.25) is 9.59 Å². The number of quaternary nitrogens is 1. The number of nitrogens with zero attached hydrogens (tertiary/aromatic N) is 1. The summed E-state index contributed by atoms with van der Waals surface area (Å²) in [6.45, 7) is 4.64. The van der Waals surface area contributed by atoms with Crippen LogP contribution in [-0.2, 0) is 33.3 Å². The van der Waals surface area contributed by atoms with Gasteiger partial charge in [-0.15, -0.1) is 0 Å². The van der Waals surface area contributed by atoms with Gasteiger partial charge in [-0.1, -0.05) is 299 Å². The number of allylic oxidation sites excluding steroid dienone is 12. The molecule has 0 spiro atoms. The Bertz CT molecular complexity index is 1590. The van der Waals surface area contributed by atoms with Crippen LogP contribution in [0.2, 0.25) is 0 Å². The predicted molar refractivity (Wildman–Crippen MR) is 352 cm³/mol. The molecule has 0 fully saturated rings. The van der Waals surface area contributed by atoms with Gasteiger partial charge in [-0.2, -0.15) is 0 Å². The van der Waals surface area contributed by atoms with Crippen molar-refractivity contribution in [3.8, 4) is 0 Å². The van der Waals surface area contributed by atoms with E-state index in [0.29, 0.717) is 17.4 Å². The zero-order chi connectivity index (χ0) is 60.5. The van der Waals surface area contributed by atoms with E-state index in [0.717, 1.165) is 77.0 Å². The fourth-order valence-electron chi connectivity index (χ4n) is 10.1. The number of esters is 2. The van der Waals surface area contributed by atoms with Gasteiger partial charge in [0.15, 0.2) is 12.4 Å². The van der Waals surface area contributed by atoms with E-state index in [2.05, 4.69) is 86.8 Å². The Balaban J connectivity index is 3.94. The van der Waals surface area contributed by atoms with E-state index < -0.39 is 24.3 Å². The summed E-state index contributed by atoms with van der Waals surface area (Å²) in [4.78, 5) is 37.4. The number of hydrogen-bond acceptors (Lipinski definition) is 8. The van der Waals surface area contributed by atoms with Crippen LogP contribution in [-0.4, -0.2) is 82.3 Å². The van der Waals surface area contributed by atoms with Crippen LogP contribution in [0.1, 0.15) is 322 Å². The average Bonchev–Trinajstić information content (AvgIpc) is 3.46. The minimum absolute atomic E-state index is 0.147. The number of carboxylic acid groups (broad SMARTS) is 1. The molecule has 0 aliphatic heterocycles. The normalized spacial score (nSPS) is 13.1. The van der Waals surface area contributed by atoms with Crippen molar-refractivity contribution in [2.75, 3.05) is 47.5 Å². The first-order valence-electron chi connectivity index (χ1n) is 35.1. The van der Waals surface area contributed by atoms with E-state index in [1.54, 1.807) is 0 Å². The van der Waals surface area contributed by atoms with Crippen molar-refractivity contribution in [3.63, 3.8) is 0 Å². The van der Waals surface area contributed by atoms with Crippen molar-refractivity contribution >= 4 is 17.9 Å². The highest BCUT2D eigenvalue weighted by Crippen LogP contribution is 2.18. The lowest BCUT2D eigenvalue weighted by atomic mass is 10.0. The summed E-state index contributed by atoms with van der Waals surface area (Å²) in [6.07, 6.45) is 82.9. The molecule has 0 aromatic heterocycles. The van der Waals surface area contributed by atoms with Crippen molar-refractivity contribution in [2.24, 2.45) is 0 Å². The Morgan fingerprint density at radius 1 is 0.373 bits per heavy atom. The number of unbranched alkanes of at least 4 members (excludes halogenated alkanes) is 38. The molecule has 0 saturated carbocycles. The molecule has 0 aliphatic carbocycles. The van der Waals surface area contributed by atoms with Crippen molar-refractivity contribution in [3.05, 3.63) is 72.9 Å². The van der Waals surface area contributed by atoms with Gasteiger partial charge >= 0.3 is 11.9 Å². The Kier molecular flexibility index (Phi) is 62.2. The van der Waals surface area contributed by atoms with E-state index in [-0.39, 0.29) is 38.6 Å². The lowest BCUT2D eigenvalue weighted by molar-refractivity contribution is -0.870. The summed E-state index contributed by atoms with van der Waals surface area (Å²) in [7, 11) is 5.93. The van der Waals surface area contributed by atoms with Gasteiger partial charge in [0.05, 0.1) is 40.3 Å². The minimum Gasteiger partial charge on any atom is -0.545 e. The van der Waals surface area contributed by atoms with Crippen molar-refractivity contribution < 1.29 is 42.9 Å². The number of carboxylic acids is 1. The summed E-state index contributed by atoms with van der Waals surface area (Å²) in [5, 5.41) is 11.8. The fourth-order valence-corrected chi connectivity index (χ4v) is 10.1. The number of ether oxygens (including phenoxy) is 4. The standard InChI is InChI=1S/C74H133NO8/c1-6-8-10-12-14-16-18-20-22-24-25-26-27-28-29-30-31-32-33-34-35-36-37-38-39-40-41-42-43-44-45-46-47-49-51-53-55-57-59-61-63-65-72(77)83-70(69-82-74(73(78)79)80-67-66-75(3,4)5)68-81-71(76)64-62-60-58-56-54-52-50-48-23-21-19-17-15-13-11-9-7-2/h8,10,14-17,20-23,25-26,70,74H,6-7,9,11-13,18-19,24,27-69H2,1-5H3/b10-8-,16-14-,17-15-,22-20-,23-21-,26-25-. The van der Waals surface area contributed by atoms with Crippen molar-refractivity contribution in [1.82, 2.24) is 0 Å². The third kappa shape index (κ3) is 66.1. The molecule has 0 amide bonds. The molecule has 0 aliphatic rings. The fraction of sp³-hybridized carbons (Fsp3) is 0.797. The second-order valence-electron chi connectivity index (χ2n) is 24.8. The average molecular weight is 1160 g/mol. The Morgan fingerprint density at radius 2 is 0.687 bits per heavy atom. The van der Waals surface area contributed by atoms with E-state index in [1.807, 2.05) is 21.1 Å². The van der Waals surface area contributed by atoms with E-state index >= 15 is 0 Å². The third-order valence-corrected chi connectivity index (χ3v) is 15.4. The van der Waals surface area contributed by atoms with Gasteiger partial charge in [0.25, 0.3) is 0 Å². The van der Waals surface area contributed by atoms with Crippen molar-refractivity contribution in [1.29, 1.82) is 0 Å². The Morgan fingerprint density at radius 3 is 1.02 bits per heavy atom. The molecule has 0 saturated heterocycles. The highest BCUT2D eigenvalue weighted by molar-refractivity contribution is 5.70. The van der Waals surface area contributed by atoms with Crippen LogP contribution >= 0.6 is 0 Å². The monoisotopic (exact) mass is 1160 g/mol. The lowest BCUT2D eigenvalue weighted by Crippen LogP contribution is -2.44. The maximum atomic E-state index is 12.9. The van der Waals surface area contributed by atoms with Crippen LogP contribution < -0.4 is 5.11 Å². The SMILES string of the molecule is CC/C=C\C/C=C\C/C=C\C/C=C\CCCCCCCCCCCCCCCCCCCCCCCCCCCCCCC(=O)OC(COC(=O)CCCCCCCCC/C=C\C/C=C\CCCCC)COC(OCC[N+](C)(C)C)C(=O)[O-]. The Labute approximate surface area is 513 Å². The van der Waals surface area contributed by atoms with Gasteiger partial charge in [0.2, 0.25) is 0 Å². The lowest BCUT2D eigenvalue weighted by Gasteiger charge is -2.26. The van der Waals surface area contributed by atoms with Gasteiger partial charge in [-0.05, 0) is 83.5 Å². The summed E-state index contributed by atoms with van der Waals surface area (Å²) in [5.41, 5.74) is 0. The van der Waals surface area contributed by atoms with Gasteiger partial charge in [0, 0.05) is 12.8 Å². The molecular formula is C74H133NO8. The van der Waals surface area contributed by atoms with E-state index in [4.69, 9.17) is 18.9 Å². The molecule has 9 heteroatoms. The molecule has 482 valence electrons. The van der Waals surface area contributed by atoms with E-state index in [1.165, 1.54) is 212 Å². The van der Waals surface area contributed by atoms with Crippen LogP contribution in [0.25, 0.3) is 0 Å². The maximum Gasteiger partial charge on any atom is 0.306 e. The zero-order valence-corrected chi connectivity index (χ0v) is 55.1. The van der Waals surface area contributed by atoms with Gasteiger partial charge < -0.3 is 33.3 Å². The number of hydrogen-bond donors (Lipinski definition) is 0. The molecule has 2 unspecified atom stereocenters. The van der Waals surface area contributed by atoms with Crippen LogP contribution in [0.3, 0.4) is 0 Å². The first kappa shape index (κ1) is 79.7. The number of carbonyl (C=O) groups is 3. The van der Waals surface area contributed by atoms with E-state index in [9.17, 15) is 19.5 Å². The number of rotatable bonds is 65. The number of likely N-dealkylation sites (N-methyl/N-ethyl adjacent to an activating group) is 1. The summed E-state index contributed by atoms with van der Waals surface area (Å²) < 4.78 is 22.8. The second kappa shape index (κ2) is 64.7. The molecule has 0 aromatic rings. The molecule has 0 heterocycles. The highest BCUT2D eigenvalue weighted by atomic mass is 16.7. The minimum atomic E-state index is -1.62. The molecule has 0 N–H and O–H groups in total.